The minimum Gasteiger partial charge on any atom is -0.394 e. The number of hydrogen-bond acceptors (Lipinski definition) is 5. The van der Waals surface area contributed by atoms with E-state index in [2.05, 4.69) is 19.1 Å². The predicted molar refractivity (Wildman–Crippen MR) is 71.3 cm³/mol. The molecule has 102 valence electrons. The second-order valence-electron chi connectivity index (χ2n) is 3.99. The van der Waals surface area contributed by atoms with Crippen molar-refractivity contribution in [3.8, 4) is 5.75 Å². The number of methoxy groups -OCH3 is 1. The van der Waals surface area contributed by atoms with Gasteiger partial charge in [-0.2, -0.15) is 0 Å². The van der Waals surface area contributed by atoms with Crippen molar-refractivity contribution in [2.24, 2.45) is 5.73 Å². The minimum absolute atomic E-state index is 0.403. The van der Waals surface area contributed by atoms with Crippen LogP contribution in [0.3, 0.4) is 0 Å². The monoisotopic (exact) mass is 451 g/mol. The Morgan fingerprint density at radius 2 is 1.72 bits per heavy atom. The molecule has 2 radical (unpaired) electrons. The molecule has 0 aliphatic rings. The molecule has 0 aromatic heterocycles. The van der Waals surface area contributed by atoms with E-state index >= 15 is 0 Å². The van der Waals surface area contributed by atoms with Crippen molar-refractivity contribution >= 4 is 28.0 Å². The zero-order valence-corrected chi connectivity index (χ0v) is 14.1. The Labute approximate surface area is 122 Å². The number of aryl methyl sites for hydroxylation is 1. The molecule has 0 amide bonds. The van der Waals surface area contributed by atoms with Crippen LogP contribution in [0.4, 0.5) is 0 Å². The molecule has 1 aromatic carbocycles. The largest absolute Gasteiger partial charge is 0.394 e. The van der Waals surface area contributed by atoms with Gasteiger partial charge in [0.15, 0.2) is 0 Å². The summed E-state index contributed by atoms with van der Waals surface area (Å²) in [5.74, 6) is 0.951. The quantitative estimate of drug-likeness (QED) is 0.417. The maximum absolute atomic E-state index is 8.34. The van der Waals surface area contributed by atoms with Crippen molar-refractivity contribution in [1.82, 2.24) is 0 Å². The normalized spacial score (nSPS) is 10.6. The summed E-state index contributed by atoms with van der Waals surface area (Å²) in [4.78, 5) is 0. The van der Waals surface area contributed by atoms with Crippen LogP contribution in [0.15, 0.2) is 18.2 Å². The van der Waals surface area contributed by atoms with E-state index in [0.717, 1.165) is 5.75 Å². The fourth-order valence-electron chi connectivity index (χ4n) is 0.905. The number of nitrogens with two attached hydrogens (primary N) is 1. The Morgan fingerprint density at radius 3 is 2.00 bits per heavy atom. The molecule has 0 fully saturated rings. The van der Waals surface area contributed by atoms with Crippen LogP contribution in [-0.4, -0.2) is 72.5 Å². The predicted octanol–water partition coefficient (Wildman–Crippen LogP) is -1.54. The first kappa shape index (κ1) is 17.7. The van der Waals surface area contributed by atoms with E-state index in [1.807, 2.05) is 6.07 Å². The van der Waals surface area contributed by atoms with Crippen LogP contribution >= 0.6 is 0 Å². The van der Waals surface area contributed by atoms with E-state index in [1.165, 1.54) is 33.6 Å². The van der Waals surface area contributed by atoms with Crippen LogP contribution in [0.2, 0.25) is 0 Å². The van der Waals surface area contributed by atoms with E-state index in [0.29, 0.717) is 0 Å². The third-order valence-corrected chi connectivity index (χ3v) is 4.30. The molecule has 0 atom stereocenters. The van der Waals surface area contributed by atoms with Gasteiger partial charge in [-0.15, -0.1) is 0 Å². The molecule has 1 rings (SSSR count). The molecule has 0 bridgehead atoms. The summed E-state index contributed by atoms with van der Waals surface area (Å²) in [5, 5.41) is 25.0. The average Bonchev–Trinajstić information content (AvgIpc) is 2.41. The van der Waals surface area contributed by atoms with Gasteiger partial charge in [0, 0.05) is 0 Å². The summed E-state index contributed by atoms with van der Waals surface area (Å²) in [6, 6.07) is 6.18. The fourth-order valence-corrected chi connectivity index (χ4v) is 1.45. The maximum Gasteiger partial charge on any atom is 0.0856 e. The second-order valence-corrected chi connectivity index (χ2v) is 5.86. The average molecular weight is 451 g/mol. The Kier molecular flexibility index (Phi) is 8.65. The molecule has 0 heterocycles. The third-order valence-electron chi connectivity index (χ3n) is 2.35. The summed E-state index contributed by atoms with van der Waals surface area (Å²) < 4.78 is 6.48. The molecule has 1 aromatic rings. The van der Waals surface area contributed by atoms with E-state index in [1.54, 1.807) is 7.11 Å². The summed E-state index contributed by atoms with van der Waals surface area (Å²) in [7, 11) is 1.69. The topological polar surface area (TPSA) is 95.9 Å². The Hall–Kier alpha value is -0.257. The summed E-state index contributed by atoms with van der Waals surface area (Å²) in [5.41, 5.74) is 5.26. The standard InChI is InChI=1S/C8H9O.C4H11NO3.Bi/c1-7-4-3-5-8(6-7)9-2;5-4(1-6,2-7)3-8;/h3,5-6H,1-2H3;6-8H,1-3,5H2;. The number of aliphatic hydroxyl groups excluding tert-OH is 3. The Bertz CT molecular complexity index is 348. The maximum atomic E-state index is 8.34. The van der Waals surface area contributed by atoms with E-state index in [9.17, 15) is 0 Å². The second kappa shape index (κ2) is 8.78. The van der Waals surface area contributed by atoms with Gasteiger partial charge < -0.3 is 21.1 Å². The minimum atomic E-state index is -1.21. The van der Waals surface area contributed by atoms with Crippen LogP contribution in [0, 0.1) is 6.92 Å². The molecule has 0 aliphatic heterocycles. The molecule has 18 heavy (non-hydrogen) atoms. The Morgan fingerprint density at radius 1 is 1.22 bits per heavy atom. The van der Waals surface area contributed by atoms with Gasteiger partial charge >= 0.3 is 76.3 Å². The van der Waals surface area contributed by atoms with Crippen molar-refractivity contribution in [2.75, 3.05) is 26.9 Å². The third kappa shape index (κ3) is 6.07. The molecule has 0 saturated carbocycles. The molecule has 5 N–H and O–H groups in total. The van der Waals surface area contributed by atoms with Gasteiger partial charge in [0.05, 0.1) is 25.4 Å². The van der Waals surface area contributed by atoms with Gasteiger partial charge in [-0.3, -0.25) is 0 Å². The molecule has 6 heteroatoms. The van der Waals surface area contributed by atoms with Crippen molar-refractivity contribution < 1.29 is 20.1 Å². The number of aliphatic hydroxyl groups is 3. The molecule has 5 nitrogen and oxygen atoms in total. The molecular formula is C12H20BiNO4. The van der Waals surface area contributed by atoms with Crippen LogP contribution in [0.25, 0.3) is 0 Å². The van der Waals surface area contributed by atoms with Crippen LogP contribution in [-0.2, 0) is 0 Å². The molecule has 0 spiro atoms. The molecule has 0 unspecified atom stereocenters. The number of hydrogen-bond donors (Lipinski definition) is 4. The van der Waals surface area contributed by atoms with Crippen LogP contribution < -0.4 is 13.7 Å². The van der Waals surface area contributed by atoms with Gasteiger partial charge in [-0.25, -0.2) is 0 Å². The van der Waals surface area contributed by atoms with Gasteiger partial charge in [0.2, 0.25) is 0 Å². The number of benzene rings is 1. The smallest absolute Gasteiger partial charge is 0.0856 e. The summed E-state index contributed by atoms with van der Waals surface area (Å²) >= 11 is 1.32. The first-order chi connectivity index (χ1) is 8.42. The SMILES string of the molecule is COc1cc[c]([Bi])c(C)c1.NC(CO)(CO)CO. The zero-order chi connectivity index (χ0) is 14.2. The summed E-state index contributed by atoms with van der Waals surface area (Å²) in [6.07, 6.45) is 0. The van der Waals surface area contributed by atoms with E-state index in [4.69, 9.17) is 25.8 Å². The molecule has 0 aliphatic carbocycles. The van der Waals surface area contributed by atoms with Crippen molar-refractivity contribution in [3.05, 3.63) is 23.8 Å². The zero-order valence-electron chi connectivity index (χ0n) is 10.6. The number of ether oxygens (including phenoxy) is 1. The van der Waals surface area contributed by atoms with E-state index < -0.39 is 25.4 Å². The van der Waals surface area contributed by atoms with Crippen molar-refractivity contribution in [2.45, 2.75) is 12.5 Å². The number of rotatable bonds is 4. The van der Waals surface area contributed by atoms with Gasteiger partial charge in [-0.1, -0.05) is 0 Å². The molecule has 0 saturated heterocycles. The Balaban J connectivity index is 0.000000331. The molecular weight excluding hydrogens is 431 g/mol. The fraction of sp³-hybridized carbons (Fsp3) is 0.500. The first-order valence-corrected chi connectivity index (χ1v) is 7.11. The van der Waals surface area contributed by atoms with Gasteiger partial charge in [0.1, 0.15) is 0 Å². The van der Waals surface area contributed by atoms with Crippen LogP contribution in [0.1, 0.15) is 5.56 Å². The van der Waals surface area contributed by atoms with E-state index in [-0.39, 0.29) is 0 Å². The summed E-state index contributed by atoms with van der Waals surface area (Å²) in [6.45, 7) is 0.901. The van der Waals surface area contributed by atoms with Gasteiger partial charge in [0.25, 0.3) is 0 Å². The van der Waals surface area contributed by atoms with Gasteiger partial charge in [-0.05, 0) is 0 Å². The first-order valence-electron chi connectivity index (χ1n) is 5.37. The van der Waals surface area contributed by atoms with Crippen LogP contribution in [0.5, 0.6) is 5.75 Å². The van der Waals surface area contributed by atoms with Crippen molar-refractivity contribution in [3.63, 3.8) is 0 Å². The van der Waals surface area contributed by atoms with Crippen molar-refractivity contribution in [1.29, 1.82) is 0 Å².